The number of hydrogen-bond acceptors (Lipinski definition) is 5. The van der Waals surface area contributed by atoms with E-state index < -0.39 is 10.4 Å². The molecule has 0 atom stereocenters. The van der Waals surface area contributed by atoms with E-state index in [4.69, 9.17) is 4.74 Å². The van der Waals surface area contributed by atoms with Gasteiger partial charge in [0, 0.05) is 6.42 Å². The molecule has 0 unspecified atom stereocenters. The first-order valence-electron chi connectivity index (χ1n) is 5.30. The molecular formula is C10H21NO5S. The highest BCUT2D eigenvalue weighted by Crippen LogP contribution is 2.15. The maximum atomic E-state index is 9.22. The zero-order valence-corrected chi connectivity index (χ0v) is 11.8. The number of nitrogens with zero attached hydrogens (tertiary/aromatic N) is 1. The first kappa shape index (κ1) is 16.3. The predicted octanol–water partition coefficient (Wildman–Crippen LogP) is 0.729. The molecule has 0 saturated heterocycles. The van der Waals surface area contributed by atoms with Crippen molar-refractivity contribution in [3.8, 4) is 0 Å². The van der Waals surface area contributed by atoms with Gasteiger partial charge in [-0.2, -0.15) is 4.58 Å². The van der Waals surface area contributed by atoms with Gasteiger partial charge in [-0.05, 0) is 20.8 Å². The second kappa shape index (κ2) is 6.32. The SMILES string of the molecule is COC1=[N+](C(C)(C)C)CCC1.COS(=O)(=O)[O-]. The summed E-state index contributed by atoms with van der Waals surface area (Å²) in [4.78, 5) is 0. The maximum absolute atomic E-state index is 9.22. The van der Waals surface area contributed by atoms with Crippen LogP contribution in [0.4, 0.5) is 0 Å². The van der Waals surface area contributed by atoms with Crippen LogP contribution in [0.2, 0.25) is 0 Å². The fourth-order valence-corrected chi connectivity index (χ4v) is 1.57. The third kappa shape index (κ3) is 6.60. The van der Waals surface area contributed by atoms with Crippen molar-refractivity contribution in [2.75, 3.05) is 20.8 Å². The van der Waals surface area contributed by atoms with Crippen molar-refractivity contribution in [2.24, 2.45) is 0 Å². The fraction of sp³-hybridized carbons (Fsp3) is 0.900. The smallest absolute Gasteiger partial charge is 0.336 e. The van der Waals surface area contributed by atoms with Crippen molar-refractivity contribution in [1.29, 1.82) is 0 Å². The zero-order chi connectivity index (χ0) is 13.7. The van der Waals surface area contributed by atoms with Crippen molar-refractivity contribution in [3.05, 3.63) is 0 Å². The Morgan fingerprint density at radius 1 is 1.29 bits per heavy atom. The van der Waals surface area contributed by atoms with Crippen LogP contribution in [0.15, 0.2) is 0 Å². The first-order chi connectivity index (χ1) is 7.61. The molecule has 7 heteroatoms. The quantitative estimate of drug-likeness (QED) is 0.397. The largest absolute Gasteiger partial charge is 0.726 e. The lowest BCUT2D eigenvalue weighted by atomic mass is 10.1. The van der Waals surface area contributed by atoms with Crippen LogP contribution < -0.4 is 0 Å². The molecule has 102 valence electrons. The second-order valence-electron chi connectivity index (χ2n) is 4.60. The maximum Gasteiger partial charge on any atom is 0.336 e. The van der Waals surface area contributed by atoms with Crippen molar-refractivity contribution in [3.63, 3.8) is 0 Å². The normalized spacial score (nSPS) is 16.6. The third-order valence-corrected chi connectivity index (χ3v) is 2.73. The average molecular weight is 267 g/mol. The van der Waals surface area contributed by atoms with E-state index in [2.05, 4.69) is 29.5 Å². The highest BCUT2D eigenvalue weighted by atomic mass is 32.3. The summed E-state index contributed by atoms with van der Waals surface area (Å²) in [7, 11) is -1.84. The lowest BCUT2D eigenvalue weighted by Crippen LogP contribution is -2.35. The van der Waals surface area contributed by atoms with Gasteiger partial charge < -0.3 is 9.29 Å². The monoisotopic (exact) mass is 267 g/mol. The molecule has 1 heterocycles. The van der Waals surface area contributed by atoms with Gasteiger partial charge in [-0.25, -0.2) is 8.42 Å². The molecular weight excluding hydrogens is 246 g/mol. The molecule has 0 aromatic carbocycles. The summed E-state index contributed by atoms with van der Waals surface area (Å²) in [5.74, 6) is 1.15. The standard InChI is InChI=1S/C9H18NO.CH4O4S/c1-9(2,3)10-7-5-6-8(10)11-4;1-5-6(2,3)4/h5-7H2,1-4H3;1H3,(H,2,3,4)/q+1;/p-1. The van der Waals surface area contributed by atoms with Gasteiger partial charge in [0.2, 0.25) is 10.4 Å². The van der Waals surface area contributed by atoms with E-state index in [9.17, 15) is 13.0 Å². The number of rotatable bonds is 1. The molecule has 0 bridgehead atoms. The Morgan fingerprint density at radius 2 is 1.76 bits per heavy atom. The summed E-state index contributed by atoms with van der Waals surface area (Å²) in [6.45, 7) is 7.80. The summed E-state index contributed by atoms with van der Waals surface area (Å²) < 4.78 is 38.7. The van der Waals surface area contributed by atoms with Crippen LogP contribution >= 0.6 is 0 Å². The summed E-state index contributed by atoms with van der Waals surface area (Å²) in [5, 5.41) is 0. The van der Waals surface area contributed by atoms with Gasteiger partial charge >= 0.3 is 5.90 Å². The Labute approximate surface area is 103 Å². The highest BCUT2D eigenvalue weighted by Gasteiger charge is 2.33. The van der Waals surface area contributed by atoms with Crippen LogP contribution in [0, 0.1) is 0 Å². The minimum atomic E-state index is -4.41. The van der Waals surface area contributed by atoms with Crippen molar-refractivity contribution < 1.29 is 26.5 Å². The van der Waals surface area contributed by atoms with Crippen molar-refractivity contribution in [2.45, 2.75) is 39.2 Å². The third-order valence-electron chi connectivity index (χ3n) is 2.32. The lowest BCUT2D eigenvalue weighted by Gasteiger charge is -2.15. The van der Waals surface area contributed by atoms with Crippen molar-refractivity contribution in [1.82, 2.24) is 0 Å². The van der Waals surface area contributed by atoms with Gasteiger partial charge in [0.25, 0.3) is 0 Å². The Kier molecular flexibility index (Phi) is 6.08. The molecule has 0 aromatic heterocycles. The highest BCUT2D eigenvalue weighted by molar-refractivity contribution is 7.80. The molecule has 1 aliphatic heterocycles. The molecule has 1 aliphatic rings. The average Bonchev–Trinajstić information content (AvgIpc) is 2.64. The predicted molar refractivity (Wildman–Crippen MR) is 62.8 cm³/mol. The van der Waals surface area contributed by atoms with E-state index in [-0.39, 0.29) is 5.54 Å². The minimum Gasteiger partial charge on any atom is -0.726 e. The van der Waals surface area contributed by atoms with E-state index in [0.717, 1.165) is 26.0 Å². The minimum absolute atomic E-state index is 0.224. The van der Waals surface area contributed by atoms with Crippen LogP contribution in [-0.2, 0) is 19.3 Å². The molecule has 0 aromatic rings. The van der Waals surface area contributed by atoms with Crippen LogP contribution in [0.5, 0.6) is 0 Å². The van der Waals surface area contributed by atoms with E-state index in [1.807, 2.05) is 0 Å². The van der Waals surface area contributed by atoms with Gasteiger partial charge in [0.05, 0.1) is 20.6 Å². The number of methoxy groups -OCH3 is 1. The van der Waals surface area contributed by atoms with Crippen LogP contribution in [0.3, 0.4) is 0 Å². The van der Waals surface area contributed by atoms with Crippen LogP contribution in [-0.4, -0.2) is 49.7 Å². The number of hydrogen-bond donors (Lipinski definition) is 0. The van der Waals surface area contributed by atoms with Crippen molar-refractivity contribution >= 4 is 16.3 Å². The Hall–Kier alpha value is -0.660. The molecule has 0 fully saturated rings. The molecule has 0 N–H and O–H groups in total. The van der Waals surface area contributed by atoms with Gasteiger partial charge in [-0.3, -0.25) is 4.18 Å². The van der Waals surface area contributed by atoms with Gasteiger partial charge in [0.1, 0.15) is 6.54 Å². The van der Waals surface area contributed by atoms with Gasteiger partial charge in [0.15, 0.2) is 5.54 Å². The molecule has 0 aliphatic carbocycles. The van der Waals surface area contributed by atoms with Crippen LogP contribution in [0.1, 0.15) is 33.6 Å². The van der Waals surface area contributed by atoms with E-state index in [1.165, 1.54) is 6.42 Å². The van der Waals surface area contributed by atoms with E-state index in [1.54, 1.807) is 7.11 Å². The second-order valence-corrected chi connectivity index (χ2v) is 5.75. The molecule has 6 nitrogen and oxygen atoms in total. The molecule has 0 radical (unpaired) electrons. The molecule has 0 spiro atoms. The van der Waals surface area contributed by atoms with E-state index in [0.29, 0.717) is 0 Å². The lowest BCUT2D eigenvalue weighted by molar-refractivity contribution is -0.596. The molecule has 17 heavy (non-hydrogen) atoms. The summed E-state index contributed by atoms with van der Waals surface area (Å²) in [6.07, 6.45) is 2.34. The van der Waals surface area contributed by atoms with Crippen LogP contribution in [0.25, 0.3) is 0 Å². The Morgan fingerprint density at radius 3 is 2.00 bits per heavy atom. The molecule has 0 saturated carbocycles. The molecule has 0 amide bonds. The topological polar surface area (TPSA) is 78.7 Å². The Bertz CT molecular complexity index is 367. The van der Waals surface area contributed by atoms with Gasteiger partial charge in [-0.15, -0.1) is 0 Å². The van der Waals surface area contributed by atoms with E-state index >= 15 is 0 Å². The fourth-order valence-electron chi connectivity index (χ4n) is 1.57. The summed E-state index contributed by atoms with van der Waals surface area (Å²) in [5.41, 5.74) is 0.224. The zero-order valence-electron chi connectivity index (χ0n) is 11.0. The summed E-state index contributed by atoms with van der Waals surface area (Å²) in [6, 6.07) is 0. The summed E-state index contributed by atoms with van der Waals surface area (Å²) >= 11 is 0. The first-order valence-corrected chi connectivity index (χ1v) is 6.64. The molecule has 1 rings (SSSR count). The number of ether oxygens (including phenoxy) is 1. The van der Waals surface area contributed by atoms with Gasteiger partial charge in [-0.1, -0.05) is 0 Å². The Balaban J connectivity index is 0.000000366.